The SMILES string of the molecule is CCc1ccc(C(C)CC(=O)NCC(C)(C)CC(C)O)cc1. The van der Waals surface area contributed by atoms with Crippen molar-refractivity contribution in [3.63, 3.8) is 0 Å². The summed E-state index contributed by atoms with van der Waals surface area (Å²) in [5, 5.41) is 12.5. The van der Waals surface area contributed by atoms with Gasteiger partial charge in [-0.05, 0) is 42.2 Å². The predicted octanol–water partition coefficient (Wildman–Crippen LogP) is 3.66. The molecule has 0 spiro atoms. The second-order valence-electron chi connectivity index (χ2n) is 7.19. The van der Waals surface area contributed by atoms with E-state index in [1.165, 1.54) is 11.1 Å². The van der Waals surface area contributed by atoms with E-state index < -0.39 is 0 Å². The summed E-state index contributed by atoms with van der Waals surface area (Å²) in [5.41, 5.74) is 2.44. The Kier molecular flexibility index (Phi) is 7.08. The number of hydrogen-bond donors (Lipinski definition) is 2. The minimum Gasteiger partial charge on any atom is -0.393 e. The van der Waals surface area contributed by atoms with E-state index in [1.54, 1.807) is 6.92 Å². The lowest BCUT2D eigenvalue weighted by Gasteiger charge is -2.26. The van der Waals surface area contributed by atoms with Gasteiger partial charge in [0.05, 0.1) is 6.10 Å². The van der Waals surface area contributed by atoms with Crippen molar-refractivity contribution >= 4 is 5.91 Å². The van der Waals surface area contributed by atoms with Gasteiger partial charge in [-0.15, -0.1) is 0 Å². The van der Waals surface area contributed by atoms with E-state index >= 15 is 0 Å². The zero-order valence-corrected chi connectivity index (χ0v) is 14.6. The van der Waals surface area contributed by atoms with Gasteiger partial charge in [0.1, 0.15) is 0 Å². The molecule has 1 aromatic carbocycles. The highest BCUT2D eigenvalue weighted by atomic mass is 16.3. The van der Waals surface area contributed by atoms with E-state index in [4.69, 9.17) is 0 Å². The van der Waals surface area contributed by atoms with Crippen LogP contribution in [-0.2, 0) is 11.2 Å². The lowest BCUT2D eigenvalue weighted by molar-refractivity contribution is -0.121. The van der Waals surface area contributed by atoms with Gasteiger partial charge in [-0.25, -0.2) is 0 Å². The van der Waals surface area contributed by atoms with Crippen molar-refractivity contribution in [1.29, 1.82) is 0 Å². The molecule has 0 aliphatic heterocycles. The summed E-state index contributed by atoms with van der Waals surface area (Å²) >= 11 is 0. The van der Waals surface area contributed by atoms with E-state index in [0.717, 1.165) is 6.42 Å². The first-order chi connectivity index (χ1) is 10.2. The number of aliphatic hydroxyl groups excluding tert-OH is 1. The van der Waals surface area contributed by atoms with Gasteiger partial charge >= 0.3 is 0 Å². The van der Waals surface area contributed by atoms with Gasteiger partial charge < -0.3 is 10.4 Å². The fraction of sp³-hybridized carbons (Fsp3) is 0.632. The fourth-order valence-corrected chi connectivity index (χ4v) is 2.76. The number of aryl methyl sites for hydroxylation is 1. The maximum atomic E-state index is 12.1. The first kappa shape index (κ1) is 18.7. The molecule has 1 rings (SSSR count). The zero-order valence-electron chi connectivity index (χ0n) is 14.6. The predicted molar refractivity (Wildman–Crippen MR) is 91.9 cm³/mol. The maximum absolute atomic E-state index is 12.1. The number of hydrogen-bond acceptors (Lipinski definition) is 2. The minimum absolute atomic E-state index is 0.0748. The quantitative estimate of drug-likeness (QED) is 0.770. The molecule has 0 fully saturated rings. The van der Waals surface area contributed by atoms with E-state index in [1.807, 2.05) is 0 Å². The van der Waals surface area contributed by atoms with Crippen LogP contribution in [0.1, 0.15) is 64.5 Å². The van der Waals surface area contributed by atoms with Gasteiger partial charge in [-0.3, -0.25) is 4.79 Å². The molecule has 1 aromatic rings. The molecular weight excluding hydrogens is 274 g/mol. The third kappa shape index (κ3) is 6.61. The van der Waals surface area contributed by atoms with E-state index in [2.05, 4.69) is 57.3 Å². The van der Waals surface area contributed by atoms with E-state index in [9.17, 15) is 9.90 Å². The Hall–Kier alpha value is -1.35. The number of benzene rings is 1. The molecule has 2 unspecified atom stereocenters. The summed E-state index contributed by atoms with van der Waals surface area (Å²) < 4.78 is 0. The summed E-state index contributed by atoms with van der Waals surface area (Å²) in [6.45, 7) is 10.7. The Bertz CT molecular complexity index is 463. The van der Waals surface area contributed by atoms with Crippen LogP contribution in [0.4, 0.5) is 0 Å². The van der Waals surface area contributed by atoms with Crippen LogP contribution in [0.15, 0.2) is 24.3 Å². The average Bonchev–Trinajstić information content (AvgIpc) is 2.44. The fourth-order valence-electron chi connectivity index (χ4n) is 2.76. The second kappa shape index (κ2) is 8.33. The van der Waals surface area contributed by atoms with Gasteiger partial charge in [0, 0.05) is 13.0 Å². The van der Waals surface area contributed by atoms with Crippen LogP contribution in [0.3, 0.4) is 0 Å². The molecule has 0 saturated carbocycles. The Balaban J connectivity index is 2.46. The summed E-state index contributed by atoms with van der Waals surface area (Å²) in [4.78, 5) is 12.1. The van der Waals surface area contributed by atoms with Gasteiger partial charge in [0.2, 0.25) is 5.91 Å². The molecule has 0 bridgehead atoms. The lowest BCUT2D eigenvalue weighted by atomic mass is 9.87. The van der Waals surface area contributed by atoms with Crippen LogP contribution in [-0.4, -0.2) is 23.7 Å². The molecule has 0 aliphatic rings. The van der Waals surface area contributed by atoms with E-state index in [0.29, 0.717) is 19.4 Å². The zero-order chi connectivity index (χ0) is 16.8. The van der Waals surface area contributed by atoms with Crippen LogP contribution in [0.25, 0.3) is 0 Å². The Labute approximate surface area is 135 Å². The lowest BCUT2D eigenvalue weighted by Crippen LogP contribution is -2.36. The summed E-state index contributed by atoms with van der Waals surface area (Å²) in [7, 11) is 0. The highest BCUT2D eigenvalue weighted by Gasteiger charge is 2.21. The maximum Gasteiger partial charge on any atom is 0.220 e. The number of aliphatic hydroxyl groups is 1. The number of nitrogens with one attached hydrogen (secondary N) is 1. The van der Waals surface area contributed by atoms with Crippen LogP contribution in [0.2, 0.25) is 0 Å². The molecule has 0 aromatic heterocycles. The normalized spacial score (nSPS) is 14.5. The molecule has 0 radical (unpaired) electrons. The van der Waals surface area contributed by atoms with Gasteiger partial charge in [0.15, 0.2) is 0 Å². The molecule has 22 heavy (non-hydrogen) atoms. The van der Waals surface area contributed by atoms with Crippen LogP contribution in [0.5, 0.6) is 0 Å². The standard InChI is InChI=1S/C19H31NO2/c1-6-16-7-9-17(10-8-16)14(2)11-18(22)20-13-19(4,5)12-15(3)21/h7-10,14-15,21H,6,11-13H2,1-5H3,(H,20,22). The van der Waals surface area contributed by atoms with E-state index in [-0.39, 0.29) is 23.3 Å². The first-order valence-corrected chi connectivity index (χ1v) is 8.27. The smallest absolute Gasteiger partial charge is 0.220 e. The molecule has 3 heteroatoms. The highest BCUT2D eigenvalue weighted by molar-refractivity contribution is 5.76. The van der Waals surface area contributed by atoms with Crippen molar-refractivity contribution in [1.82, 2.24) is 5.32 Å². The van der Waals surface area contributed by atoms with Crippen molar-refractivity contribution in [2.24, 2.45) is 5.41 Å². The number of carbonyl (C=O) groups is 1. The monoisotopic (exact) mass is 305 g/mol. The Morgan fingerprint density at radius 3 is 2.32 bits per heavy atom. The molecule has 1 amide bonds. The van der Waals surface area contributed by atoms with Crippen LogP contribution < -0.4 is 5.32 Å². The molecule has 2 atom stereocenters. The molecule has 0 aliphatic carbocycles. The van der Waals surface area contributed by atoms with Crippen molar-refractivity contribution < 1.29 is 9.90 Å². The topological polar surface area (TPSA) is 49.3 Å². The van der Waals surface area contributed by atoms with Crippen molar-refractivity contribution in [3.8, 4) is 0 Å². The van der Waals surface area contributed by atoms with Crippen LogP contribution >= 0.6 is 0 Å². The van der Waals surface area contributed by atoms with Crippen molar-refractivity contribution in [3.05, 3.63) is 35.4 Å². The third-order valence-electron chi connectivity index (χ3n) is 4.06. The van der Waals surface area contributed by atoms with Gasteiger partial charge in [-0.2, -0.15) is 0 Å². The molecule has 3 nitrogen and oxygen atoms in total. The largest absolute Gasteiger partial charge is 0.393 e. The average molecular weight is 305 g/mol. The molecule has 0 saturated heterocycles. The highest BCUT2D eigenvalue weighted by Crippen LogP contribution is 2.22. The van der Waals surface area contributed by atoms with Gasteiger partial charge in [0.25, 0.3) is 0 Å². The second-order valence-corrected chi connectivity index (χ2v) is 7.19. The first-order valence-electron chi connectivity index (χ1n) is 8.27. The van der Waals surface area contributed by atoms with Gasteiger partial charge in [-0.1, -0.05) is 52.0 Å². The molecule has 0 heterocycles. The minimum atomic E-state index is -0.345. The van der Waals surface area contributed by atoms with Crippen LogP contribution in [0, 0.1) is 5.41 Å². The summed E-state index contributed by atoms with van der Waals surface area (Å²) in [6.07, 6.45) is 1.87. The Morgan fingerprint density at radius 1 is 1.23 bits per heavy atom. The van der Waals surface area contributed by atoms with Crippen molar-refractivity contribution in [2.75, 3.05) is 6.54 Å². The summed E-state index contributed by atoms with van der Waals surface area (Å²) in [5.74, 6) is 0.288. The molecule has 124 valence electrons. The molecule has 2 N–H and O–H groups in total. The number of carbonyl (C=O) groups excluding carboxylic acids is 1. The Morgan fingerprint density at radius 2 is 1.82 bits per heavy atom. The number of amides is 1. The molecular formula is C19H31NO2. The van der Waals surface area contributed by atoms with Crippen molar-refractivity contribution in [2.45, 2.75) is 65.9 Å². The third-order valence-corrected chi connectivity index (χ3v) is 4.06. The summed E-state index contributed by atoms with van der Waals surface area (Å²) in [6, 6.07) is 8.51. The number of rotatable bonds is 8.